The molecule has 2 N–H and O–H groups in total. The van der Waals surface area contributed by atoms with Crippen LogP contribution in [0, 0.1) is 0 Å². The molecule has 5 heteroatoms. The van der Waals surface area contributed by atoms with Crippen LogP contribution in [0.3, 0.4) is 0 Å². The van der Waals surface area contributed by atoms with E-state index in [-0.39, 0.29) is 18.4 Å². The van der Waals surface area contributed by atoms with Crippen LogP contribution < -0.4 is 4.72 Å². The van der Waals surface area contributed by atoms with Crippen molar-refractivity contribution in [1.82, 2.24) is 4.72 Å². The molecule has 0 heterocycles. The van der Waals surface area contributed by atoms with Crippen molar-refractivity contribution in [2.45, 2.75) is 51.5 Å². The minimum Gasteiger partial charge on any atom is -0.392 e. The highest BCUT2D eigenvalue weighted by Crippen LogP contribution is 2.10. The summed E-state index contributed by atoms with van der Waals surface area (Å²) in [5, 5.41) is 9.04. The van der Waals surface area contributed by atoms with Crippen molar-refractivity contribution in [2.75, 3.05) is 0 Å². The maximum absolute atomic E-state index is 12.0. The number of rotatable bonds is 8. The molecular weight excluding hydrogens is 262 g/mol. The van der Waals surface area contributed by atoms with E-state index in [9.17, 15) is 8.42 Å². The van der Waals surface area contributed by atoms with Crippen LogP contribution in [0.25, 0.3) is 0 Å². The summed E-state index contributed by atoms with van der Waals surface area (Å²) in [5.74, 6) is -0.0443. The first kappa shape index (κ1) is 16.1. The van der Waals surface area contributed by atoms with Gasteiger partial charge in [-0.25, -0.2) is 13.1 Å². The van der Waals surface area contributed by atoms with E-state index in [0.29, 0.717) is 5.56 Å². The third-order valence-corrected chi connectivity index (χ3v) is 4.38. The average Bonchev–Trinajstić information content (AvgIpc) is 2.35. The molecule has 108 valence electrons. The van der Waals surface area contributed by atoms with Crippen LogP contribution in [0.4, 0.5) is 0 Å². The first-order chi connectivity index (χ1) is 8.96. The molecule has 0 saturated carbocycles. The molecule has 1 atom stereocenters. The van der Waals surface area contributed by atoms with Crippen molar-refractivity contribution in [3.05, 3.63) is 35.4 Å². The van der Waals surface area contributed by atoms with Gasteiger partial charge in [0.05, 0.1) is 12.4 Å². The van der Waals surface area contributed by atoms with E-state index in [2.05, 4.69) is 11.6 Å². The molecule has 0 bridgehead atoms. The summed E-state index contributed by atoms with van der Waals surface area (Å²) >= 11 is 0. The lowest BCUT2D eigenvalue weighted by molar-refractivity contribution is 0.282. The van der Waals surface area contributed by atoms with Gasteiger partial charge in [0.25, 0.3) is 0 Å². The van der Waals surface area contributed by atoms with Crippen LogP contribution in [0.1, 0.15) is 44.2 Å². The molecule has 1 aromatic rings. The summed E-state index contributed by atoms with van der Waals surface area (Å²) in [6, 6.07) is 6.97. The van der Waals surface area contributed by atoms with Crippen molar-refractivity contribution in [1.29, 1.82) is 0 Å². The molecule has 1 aromatic carbocycles. The third-order valence-electron chi connectivity index (χ3n) is 2.90. The van der Waals surface area contributed by atoms with Crippen molar-refractivity contribution >= 4 is 10.0 Å². The number of nitrogens with one attached hydrogen (secondary N) is 1. The van der Waals surface area contributed by atoms with E-state index in [0.717, 1.165) is 24.8 Å². The van der Waals surface area contributed by atoms with Crippen molar-refractivity contribution in [3.63, 3.8) is 0 Å². The van der Waals surface area contributed by atoms with Gasteiger partial charge < -0.3 is 5.11 Å². The summed E-state index contributed by atoms with van der Waals surface area (Å²) in [6.07, 6.45) is 2.93. The lowest BCUT2D eigenvalue weighted by atomic mass is 10.1. The molecule has 0 saturated heterocycles. The van der Waals surface area contributed by atoms with Crippen molar-refractivity contribution in [2.24, 2.45) is 0 Å². The first-order valence-corrected chi connectivity index (χ1v) is 8.30. The summed E-state index contributed by atoms with van der Waals surface area (Å²) in [5.41, 5.74) is 1.42. The smallest absolute Gasteiger partial charge is 0.216 e. The molecule has 0 aromatic heterocycles. The Balaban J connectivity index is 2.63. The Morgan fingerprint density at radius 2 is 2.00 bits per heavy atom. The predicted octanol–water partition coefficient (Wildman–Crippen LogP) is 2.18. The zero-order valence-corrected chi connectivity index (χ0v) is 12.4. The second-order valence-electron chi connectivity index (χ2n) is 4.90. The molecule has 0 amide bonds. The molecule has 0 fully saturated rings. The summed E-state index contributed by atoms with van der Waals surface area (Å²) in [4.78, 5) is 0. The largest absolute Gasteiger partial charge is 0.392 e. The fraction of sp³-hybridized carbons (Fsp3) is 0.571. The van der Waals surface area contributed by atoms with Crippen LogP contribution in [0.15, 0.2) is 24.3 Å². The molecule has 0 aliphatic carbocycles. The molecular formula is C14H23NO3S. The van der Waals surface area contributed by atoms with Gasteiger partial charge in [-0.05, 0) is 24.5 Å². The van der Waals surface area contributed by atoms with E-state index in [1.54, 1.807) is 24.3 Å². The Morgan fingerprint density at radius 3 is 2.63 bits per heavy atom. The molecule has 0 spiro atoms. The Hall–Kier alpha value is -0.910. The number of hydrogen-bond acceptors (Lipinski definition) is 3. The van der Waals surface area contributed by atoms with Gasteiger partial charge in [0.1, 0.15) is 0 Å². The summed E-state index contributed by atoms with van der Waals surface area (Å²) < 4.78 is 26.7. The lowest BCUT2D eigenvalue weighted by Crippen LogP contribution is -2.33. The van der Waals surface area contributed by atoms with E-state index >= 15 is 0 Å². The predicted molar refractivity (Wildman–Crippen MR) is 77.1 cm³/mol. The Bertz CT molecular complexity index is 485. The molecule has 0 aliphatic rings. The fourth-order valence-electron chi connectivity index (χ4n) is 1.95. The van der Waals surface area contributed by atoms with Crippen LogP contribution in [0.2, 0.25) is 0 Å². The van der Waals surface area contributed by atoms with E-state index in [1.165, 1.54) is 0 Å². The van der Waals surface area contributed by atoms with Gasteiger partial charge in [0.15, 0.2) is 0 Å². The second-order valence-corrected chi connectivity index (χ2v) is 6.65. The number of aliphatic hydroxyl groups excluding tert-OH is 1. The zero-order chi connectivity index (χ0) is 14.3. The number of unbranched alkanes of at least 4 members (excludes halogenated alkanes) is 1. The van der Waals surface area contributed by atoms with Crippen LogP contribution in [-0.4, -0.2) is 19.6 Å². The van der Waals surface area contributed by atoms with Crippen LogP contribution in [-0.2, 0) is 22.4 Å². The van der Waals surface area contributed by atoms with Crippen molar-refractivity contribution < 1.29 is 13.5 Å². The maximum atomic E-state index is 12.0. The number of benzene rings is 1. The van der Waals surface area contributed by atoms with Crippen molar-refractivity contribution in [3.8, 4) is 0 Å². The van der Waals surface area contributed by atoms with E-state index in [1.807, 2.05) is 6.92 Å². The number of aliphatic hydroxyl groups is 1. The van der Waals surface area contributed by atoms with Gasteiger partial charge >= 0.3 is 0 Å². The molecule has 1 unspecified atom stereocenters. The maximum Gasteiger partial charge on any atom is 0.216 e. The zero-order valence-electron chi connectivity index (χ0n) is 11.6. The number of hydrogen-bond donors (Lipinski definition) is 2. The van der Waals surface area contributed by atoms with Gasteiger partial charge in [0.2, 0.25) is 10.0 Å². The quantitative estimate of drug-likeness (QED) is 0.769. The lowest BCUT2D eigenvalue weighted by Gasteiger charge is -2.14. The summed E-state index contributed by atoms with van der Waals surface area (Å²) in [6.45, 7) is 3.90. The molecule has 0 aliphatic heterocycles. The van der Waals surface area contributed by atoms with Gasteiger partial charge in [-0.3, -0.25) is 0 Å². The monoisotopic (exact) mass is 285 g/mol. The van der Waals surface area contributed by atoms with Crippen LogP contribution >= 0.6 is 0 Å². The highest BCUT2D eigenvalue weighted by molar-refractivity contribution is 7.88. The molecule has 4 nitrogen and oxygen atoms in total. The highest BCUT2D eigenvalue weighted by atomic mass is 32.2. The number of sulfonamides is 1. The third kappa shape index (κ3) is 6.18. The normalized spacial score (nSPS) is 13.4. The van der Waals surface area contributed by atoms with Gasteiger partial charge in [-0.2, -0.15) is 0 Å². The van der Waals surface area contributed by atoms with E-state index < -0.39 is 10.0 Å². The van der Waals surface area contributed by atoms with Crippen LogP contribution in [0.5, 0.6) is 0 Å². The standard InChI is InChI=1S/C14H23NO3S/c1-3-4-6-12(2)15-19(17,18)11-14-8-5-7-13(9-14)10-16/h5,7-9,12,15-16H,3-4,6,10-11H2,1-2H3. The van der Waals surface area contributed by atoms with Gasteiger partial charge in [0, 0.05) is 6.04 Å². The Kier molecular flexibility index (Phi) is 6.48. The average molecular weight is 285 g/mol. The SMILES string of the molecule is CCCCC(C)NS(=O)(=O)Cc1cccc(CO)c1. The highest BCUT2D eigenvalue weighted by Gasteiger charge is 2.15. The molecule has 1 rings (SSSR count). The minimum atomic E-state index is -3.32. The van der Waals surface area contributed by atoms with Gasteiger partial charge in [-0.1, -0.05) is 44.0 Å². The molecule has 19 heavy (non-hydrogen) atoms. The Morgan fingerprint density at radius 1 is 1.32 bits per heavy atom. The Labute approximate surface area is 115 Å². The fourth-order valence-corrected chi connectivity index (χ4v) is 3.39. The van der Waals surface area contributed by atoms with Gasteiger partial charge in [-0.15, -0.1) is 0 Å². The van der Waals surface area contributed by atoms with E-state index in [4.69, 9.17) is 5.11 Å². The topological polar surface area (TPSA) is 66.4 Å². The first-order valence-electron chi connectivity index (χ1n) is 6.65. The second kappa shape index (κ2) is 7.62. The minimum absolute atomic E-state index is 0.0361. The molecule has 0 radical (unpaired) electrons. The summed E-state index contributed by atoms with van der Waals surface area (Å²) in [7, 11) is -3.32.